The number of carbonyl (C=O) groups is 1. The van der Waals surface area contributed by atoms with Crippen molar-refractivity contribution in [3.05, 3.63) is 64.1 Å². The summed E-state index contributed by atoms with van der Waals surface area (Å²) in [5.41, 5.74) is 1.91. The molecule has 0 aliphatic heterocycles. The first kappa shape index (κ1) is 15.6. The summed E-state index contributed by atoms with van der Waals surface area (Å²) in [5, 5.41) is 3.29. The van der Waals surface area contributed by atoms with E-state index in [0.717, 1.165) is 21.3 Å². The summed E-state index contributed by atoms with van der Waals surface area (Å²) in [6.45, 7) is 3.84. The molecule has 0 fully saturated rings. The zero-order valence-electron chi connectivity index (χ0n) is 12.3. The molecule has 2 rings (SSSR count). The maximum atomic E-state index is 12.3. The van der Waals surface area contributed by atoms with Crippen molar-refractivity contribution in [2.75, 3.05) is 12.4 Å². The summed E-state index contributed by atoms with van der Waals surface area (Å²) >= 11 is 3.41. The standard InChI is InChI=1S/C17H18BrNO2/c1-12-5-4-6-15(11-12)19-17(2,16(20)21-3)13-7-9-14(18)10-8-13/h4-11,19H,1-3H3. The molecule has 1 unspecified atom stereocenters. The molecule has 0 radical (unpaired) electrons. The third-order valence-electron chi connectivity index (χ3n) is 3.43. The zero-order chi connectivity index (χ0) is 15.5. The topological polar surface area (TPSA) is 38.3 Å². The highest BCUT2D eigenvalue weighted by Gasteiger charge is 2.36. The van der Waals surface area contributed by atoms with E-state index in [1.165, 1.54) is 7.11 Å². The summed E-state index contributed by atoms with van der Waals surface area (Å²) in [6, 6.07) is 15.5. The number of hydrogen-bond acceptors (Lipinski definition) is 3. The van der Waals surface area contributed by atoms with Crippen LogP contribution in [0.25, 0.3) is 0 Å². The minimum absolute atomic E-state index is 0.327. The van der Waals surface area contributed by atoms with Gasteiger partial charge in [-0.3, -0.25) is 0 Å². The van der Waals surface area contributed by atoms with Crippen molar-refractivity contribution in [3.8, 4) is 0 Å². The van der Waals surface area contributed by atoms with Gasteiger partial charge in [0.05, 0.1) is 7.11 Å². The second-order valence-corrected chi connectivity index (χ2v) is 6.03. The molecule has 4 heteroatoms. The van der Waals surface area contributed by atoms with Gasteiger partial charge in [-0.1, -0.05) is 40.2 Å². The number of carbonyl (C=O) groups excluding carboxylic acids is 1. The van der Waals surface area contributed by atoms with Crippen molar-refractivity contribution < 1.29 is 9.53 Å². The molecule has 0 aromatic heterocycles. The Hall–Kier alpha value is -1.81. The SMILES string of the molecule is COC(=O)C(C)(Nc1cccc(C)c1)c1ccc(Br)cc1. The lowest BCUT2D eigenvalue weighted by Crippen LogP contribution is -2.41. The number of halogens is 1. The highest BCUT2D eigenvalue weighted by atomic mass is 79.9. The van der Waals surface area contributed by atoms with Gasteiger partial charge >= 0.3 is 5.97 Å². The average Bonchev–Trinajstić information content (AvgIpc) is 2.46. The fourth-order valence-corrected chi connectivity index (χ4v) is 2.50. The molecule has 0 saturated heterocycles. The first-order chi connectivity index (χ1) is 9.95. The summed E-state index contributed by atoms with van der Waals surface area (Å²) in [7, 11) is 1.40. The smallest absolute Gasteiger partial charge is 0.335 e. The first-order valence-electron chi connectivity index (χ1n) is 6.65. The van der Waals surface area contributed by atoms with Crippen LogP contribution in [0.5, 0.6) is 0 Å². The number of aryl methyl sites for hydroxylation is 1. The van der Waals surface area contributed by atoms with Crippen LogP contribution < -0.4 is 5.32 Å². The van der Waals surface area contributed by atoms with E-state index in [4.69, 9.17) is 4.74 Å². The minimum atomic E-state index is -0.941. The number of esters is 1. The van der Waals surface area contributed by atoms with Crippen LogP contribution in [-0.2, 0) is 15.1 Å². The van der Waals surface area contributed by atoms with E-state index >= 15 is 0 Å². The highest BCUT2D eigenvalue weighted by Crippen LogP contribution is 2.29. The lowest BCUT2D eigenvalue weighted by Gasteiger charge is -2.29. The lowest BCUT2D eigenvalue weighted by molar-refractivity contribution is -0.145. The van der Waals surface area contributed by atoms with Crippen LogP contribution in [0.2, 0.25) is 0 Å². The van der Waals surface area contributed by atoms with Gasteiger partial charge in [-0.15, -0.1) is 0 Å². The number of anilines is 1. The van der Waals surface area contributed by atoms with Crippen molar-refractivity contribution >= 4 is 27.6 Å². The van der Waals surface area contributed by atoms with Gasteiger partial charge in [0.1, 0.15) is 0 Å². The molecule has 110 valence electrons. The average molecular weight is 348 g/mol. The van der Waals surface area contributed by atoms with Gasteiger partial charge < -0.3 is 10.1 Å². The Morgan fingerprint density at radius 2 is 1.86 bits per heavy atom. The molecular weight excluding hydrogens is 330 g/mol. The predicted octanol–water partition coefficient (Wildman–Crippen LogP) is 4.26. The second kappa shape index (κ2) is 6.31. The fourth-order valence-electron chi connectivity index (χ4n) is 2.24. The lowest BCUT2D eigenvalue weighted by atomic mass is 9.91. The molecule has 0 heterocycles. The molecule has 2 aromatic rings. The van der Waals surface area contributed by atoms with E-state index in [2.05, 4.69) is 21.2 Å². The van der Waals surface area contributed by atoms with E-state index in [-0.39, 0.29) is 5.97 Å². The second-order valence-electron chi connectivity index (χ2n) is 5.12. The molecule has 1 atom stereocenters. The third-order valence-corrected chi connectivity index (χ3v) is 3.96. The summed E-state index contributed by atoms with van der Waals surface area (Å²) < 4.78 is 5.96. The highest BCUT2D eigenvalue weighted by molar-refractivity contribution is 9.10. The third kappa shape index (κ3) is 3.45. The molecular formula is C17H18BrNO2. The van der Waals surface area contributed by atoms with Crippen molar-refractivity contribution in [3.63, 3.8) is 0 Å². The number of benzene rings is 2. The maximum absolute atomic E-state index is 12.3. The van der Waals surface area contributed by atoms with Crippen LogP contribution in [0.3, 0.4) is 0 Å². The van der Waals surface area contributed by atoms with Crippen LogP contribution in [0.15, 0.2) is 53.0 Å². The van der Waals surface area contributed by atoms with Crippen molar-refractivity contribution in [2.24, 2.45) is 0 Å². The Labute approximate surface area is 133 Å². The van der Waals surface area contributed by atoms with Crippen LogP contribution in [-0.4, -0.2) is 13.1 Å². The molecule has 0 bridgehead atoms. The van der Waals surface area contributed by atoms with Gasteiger partial charge in [-0.2, -0.15) is 0 Å². The molecule has 0 saturated carbocycles. The zero-order valence-corrected chi connectivity index (χ0v) is 13.9. The van der Waals surface area contributed by atoms with Crippen LogP contribution in [0.4, 0.5) is 5.69 Å². The summed E-state index contributed by atoms with van der Waals surface area (Å²) in [4.78, 5) is 12.3. The van der Waals surface area contributed by atoms with E-state index in [9.17, 15) is 4.79 Å². The number of ether oxygens (including phenoxy) is 1. The van der Waals surface area contributed by atoms with Crippen LogP contribution in [0, 0.1) is 6.92 Å². The Kier molecular flexibility index (Phi) is 4.68. The monoisotopic (exact) mass is 347 g/mol. The van der Waals surface area contributed by atoms with Gasteiger partial charge in [0.25, 0.3) is 0 Å². The molecule has 21 heavy (non-hydrogen) atoms. The van der Waals surface area contributed by atoms with Gasteiger partial charge in [0, 0.05) is 10.2 Å². The molecule has 2 aromatic carbocycles. The molecule has 0 amide bonds. The van der Waals surface area contributed by atoms with Gasteiger partial charge in [0.2, 0.25) is 0 Å². The quantitative estimate of drug-likeness (QED) is 0.839. The van der Waals surface area contributed by atoms with Gasteiger partial charge in [0.15, 0.2) is 5.54 Å². The molecule has 3 nitrogen and oxygen atoms in total. The normalized spacial score (nSPS) is 13.3. The van der Waals surface area contributed by atoms with E-state index in [1.54, 1.807) is 0 Å². The van der Waals surface area contributed by atoms with Crippen molar-refractivity contribution in [2.45, 2.75) is 19.4 Å². The predicted molar refractivity (Wildman–Crippen MR) is 88.3 cm³/mol. The number of methoxy groups -OCH3 is 1. The maximum Gasteiger partial charge on any atom is 0.335 e. The van der Waals surface area contributed by atoms with Gasteiger partial charge in [-0.05, 0) is 49.2 Å². The van der Waals surface area contributed by atoms with Crippen molar-refractivity contribution in [1.82, 2.24) is 0 Å². The Balaban J connectivity index is 2.42. The molecule has 0 aliphatic rings. The number of rotatable bonds is 4. The Bertz CT molecular complexity index is 639. The van der Waals surface area contributed by atoms with Crippen LogP contribution >= 0.6 is 15.9 Å². The minimum Gasteiger partial charge on any atom is -0.467 e. The van der Waals surface area contributed by atoms with E-state index < -0.39 is 5.54 Å². The number of hydrogen-bond donors (Lipinski definition) is 1. The number of nitrogens with one attached hydrogen (secondary N) is 1. The molecule has 0 spiro atoms. The Morgan fingerprint density at radius 3 is 2.43 bits per heavy atom. The van der Waals surface area contributed by atoms with Crippen LogP contribution in [0.1, 0.15) is 18.1 Å². The summed E-state index contributed by atoms with van der Waals surface area (Å²) in [6.07, 6.45) is 0. The van der Waals surface area contributed by atoms with E-state index in [1.807, 2.05) is 62.4 Å². The largest absolute Gasteiger partial charge is 0.467 e. The first-order valence-corrected chi connectivity index (χ1v) is 7.44. The molecule has 1 N–H and O–H groups in total. The summed E-state index contributed by atoms with van der Waals surface area (Å²) in [5.74, 6) is -0.327. The van der Waals surface area contributed by atoms with Crippen molar-refractivity contribution in [1.29, 1.82) is 0 Å². The Morgan fingerprint density at radius 1 is 1.19 bits per heavy atom. The molecule has 0 aliphatic carbocycles. The van der Waals surface area contributed by atoms with Gasteiger partial charge in [-0.25, -0.2) is 4.79 Å². The fraction of sp³-hybridized carbons (Fsp3) is 0.235. The van der Waals surface area contributed by atoms with E-state index in [0.29, 0.717) is 0 Å².